The summed E-state index contributed by atoms with van der Waals surface area (Å²) in [6, 6.07) is 13.8. The molecule has 166 valence electrons. The van der Waals surface area contributed by atoms with E-state index in [2.05, 4.69) is 5.32 Å². The number of rotatable bonds is 3. The maximum absolute atomic E-state index is 13.0. The van der Waals surface area contributed by atoms with E-state index in [9.17, 15) is 19.2 Å². The number of fused-ring (bicyclic) bond motifs is 1. The summed E-state index contributed by atoms with van der Waals surface area (Å²) in [6.07, 6.45) is 1.31. The van der Waals surface area contributed by atoms with Crippen molar-refractivity contribution in [2.24, 2.45) is 0 Å². The Labute approximate surface area is 187 Å². The first-order chi connectivity index (χ1) is 15.2. The van der Waals surface area contributed by atoms with Gasteiger partial charge in [0.15, 0.2) is 0 Å². The maximum Gasteiger partial charge on any atom is 0.262 e. The minimum absolute atomic E-state index is 0.00585. The Morgan fingerprint density at radius 3 is 2.12 bits per heavy atom. The van der Waals surface area contributed by atoms with Crippen molar-refractivity contribution in [1.82, 2.24) is 15.1 Å². The molecule has 0 spiro atoms. The number of piperidine rings is 1. The number of carbonyl (C=O) groups excluding carboxylic acids is 4. The highest BCUT2D eigenvalue weighted by atomic mass is 16.2. The number of hydrogen-bond donors (Lipinski definition) is 1. The predicted octanol–water partition coefficient (Wildman–Crippen LogP) is 3.12. The second-order valence-corrected chi connectivity index (χ2v) is 9.28. The van der Waals surface area contributed by atoms with Gasteiger partial charge in [-0.3, -0.25) is 24.1 Å². The Morgan fingerprint density at radius 2 is 1.50 bits per heavy atom. The third kappa shape index (κ3) is 4.02. The van der Waals surface area contributed by atoms with Crippen LogP contribution in [0.5, 0.6) is 0 Å². The summed E-state index contributed by atoms with van der Waals surface area (Å²) in [6.45, 7) is 6.44. The van der Waals surface area contributed by atoms with Gasteiger partial charge in [0.25, 0.3) is 23.6 Å². The van der Waals surface area contributed by atoms with Crippen LogP contribution < -0.4 is 5.32 Å². The van der Waals surface area contributed by atoms with E-state index in [0.717, 1.165) is 0 Å². The largest absolute Gasteiger partial charge is 0.349 e. The third-order valence-corrected chi connectivity index (χ3v) is 5.96. The van der Waals surface area contributed by atoms with Crippen LogP contribution in [0.15, 0.2) is 48.5 Å². The third-order valence-electron chi connectivity index (χ3n) is 5.96. The van der Waals surface area contributed by atoms with Crippen molar-refractivity contribution in [2.45, 2.75) is 45.2 Å². The van der Waals surface area contributed by atoms with Gasteiger partial charge in [0, 0.05) is 35.8 Å². The Morgan fingerprint density at radius 1 is 0.875 bits per heavy atom. The summed E-state index contributed by atoms with van der Waals surface area (Å²) < 4.78 is 0. The average molecular weight is 434 g/mol. The summed E-state index contributed by atoms with van der Waals surface area (Å²) in [4.78, 5) is 53.8. The van der Waals surface area contributed by atoms with E-state index in [1.54, 1.807) is 29.2 Å². The zero-order valence-corrected chi connectivity index (χ0v) is 18.6. The molecule has 1 fully saturated rings. The number of imide groups is 1. The molecule has 4 rings (SSSR count). The fourth-order valence-corrected chi connectivity index (χ4v) is 4.25. The minimum atomic E-state index is -0.635. The smallest absolute Gasteiger partial charge is 0.262 e. The van der Waals surface area contributed by atoms with E-state index in [1.807, 2.05) is 39.0 Å². The lowest BCUT2D eigenvalue weighted by Crippen LogP contribution is -2.46. The summed E-state index contributed by atoms with van der Waals surface area (Å²) in [5.74, 6) is -0.975. The molecule has 7 nitrogen and oxygen atoms in total. The van der Waals surface area contributed by atoms with Crippen molar-refractivity contribution < 1.29 is 19.2 Å². The van der Waals surface area contributed by atoms with E-state index in [0.29, 0.717) is 42.6 Å². The van der Waals surface area contributed by atoms with Gasteiger partial charge in [-0.05, 0) is 63.9 Å². The van der Waals surface area contributed by atoms with Crippen molar-refractivity contribution >= 4 is 23.6 Å². The number of benzene rings is 2. The van der Waals surface area contributed by atoms with Gasteiger partial charge in [-0.2, -0.15) is 0 Å². The molecular weight excluding hydrogens is 406 g/mol. The zero-order chi connectivity index (χ0) is 23.0. The number of nitrogens with zero attached hydrogens (tertiary/aromatic N) is 2. The van der Waals surface area contributed by atoms with Gasteiger partial charge in [0.05, 0.1) is 11.1 Å². The van der Waals surface area contributed by atoms with Gasteiger partial charge >= 0.3 is 0 Å². The highest BCUT2D eigenvalue weighted by molar-refractivity contribution is 6.22. The van der Waals surface area contributed by atoms with Crippen LogP contribution in [-0.2, 0) is 0 Å². The molecule has 2 aromatic rings. The molecule has 4 amide bonds. The monoisotopic (exact) mass is 433 g/mol. The molecule has 2 aliphatic rings. The number of nitrogens with one attached hydrogen (secondary N) is 1. The number of carbonyl (C=O) groups is 4. The summed E-state index contributed by atoms with van der Waals surface area (Å²) >= 11 is 0. The van der Waals surface area contributed by atoms with Crippen molar-refractivity contribution in [3.8, 4) is 0 Å². The van der Waals surface area contributed by atoms with Crippen LogP contribution in [0.4, 0.5) is 0 Å². The Hall–Kier alpha value is -3.48. The Kier molecular flexibility index (Phi) is 5.59. The molecule has 1 saturated heterocycles. The zero-order valence-electron chi connectivity index (χ0n) is 18.6. The molecule has 1 N–H and O–H groups in total. The summed E-state index contributed by atoms with van der Waals surface area (Å²) in [5, 5.41) is 3.03. The van der Waals surface area contributed by atoms with Crippen LogP contribution in [0, 0.1) is 0 Å². The molecule has 0 aromatic heterocycles. The van der Waals surface area contributed by atoms with Crippen molar-refractivity contribution in [2.75, 3.05) is 13.1 Å². The van der Waals surface area contributed by atoms with E-state index in [-0.39, 0.29) is 35.2 Å². The molecule has 0 bridgehead atoms. The number of hydrogen-bond acceptors (Lipinski definition) is 4. The molecule has 2 heterocycles. The number of likely N-dealkylation sites (tertiary alicyclic amines) is 1. The first kappa shape index (κ1) is 21.7. The standard InChI is InChI=1S/C25H27N3O4/c1-25(2,3)28-23(31)19-10-9-17(15-20(19)24(28)32)22(30)27-13-11-18(12-14-27)26-21(29)16-7-5-4-6-8-16/h4-10,15,18H,11-14H2,1-3H3,(H,26,29). The first-order valence-corrected chi connectivity index (χ1v) is 10.8. The van der Waals surface area contributed by atoms with Gasteiger partial charge < -0.3 is 10.2 Å². The van der Waals surface area contributed by atoms with Gasteiger partial charge in [0.2, 0.25) is 0 Å². The van der Waals surface area contributed by atoms with E-state index in [4.69, 9.17) is 0 Å². The van der Waals surface area contributed by atoms with Crippen molar-refractivity contribution in [3.63, 3.8) is 0 Å². The predicted molar refractivity (Wildman–Crippen MR) is 120 cm³/mol. The maximum atomic E-state index is 13.0. The topological polar surface area (TPSA) is 86.8 Å². The second-order valence-electron chi connectivity index (χ2n) is 9.28. The normalized spacial score (nSPS) is 16.8. The summed E-state index contributed by atoms with van der Waals surface area (Å²) in [5.41, 5.74) is 0.994. The lowest BCUT2D eigenvalue weighted by Gasteiger charge is -2.32. The second kappa shape index (κ2) is 8.22. The lowest BCUT2D eigenvalue weighted by molar-refractivity contribution is 0.0507. The quantitative estimate of drug-likeness (QED) is 0.754. The highest BCUT2D eigenvalue weighted by Crippen LogP contribution is 2.30. The van der Waals surface area contributed by atoms with Gasteiger partial charge in [0.1, 0.15) is 0 Å². The fourth-order valence-electron chi connectivity index (χ4n) is 4.25. The van der Waals surface area contributed by atoms with Crippen LogP contribution in [0.25, 0.3) is 0 Å². The van der Waals surface area contributed by atoms with Crippen LogP contribution >= 0.6 is 0 Å². The number of amides is 4. The molecule has 0 saturated carbocycles. The summed E-state index contributed by atoms with van der Waals surface area (Å²) in [7, 11) is 0. The fraction of sp³-hybridized carbons (Fsp3) is 0.360. The SMILES string of the molecule is CC(C)(C)N1C(=O)c2ccc(C(=O)N3CCC(NC(=O)c4ccccc4)CC3)cc2C1=O. The molecule has 32 heavy (non-hydrogen) atoms. The van der Waals surface area contributed by atoms with Crippen molar-refractivity contribution in [1.29, 1.82) is 0 Å². The van der Waals surface area contributed by atoms with Crippen LogP contribution in [0.2, 0.25) is 0 Å². The Bertz CT molecular complexity index is 1080. The van der Waals surface area contributed by atoms with Crippen LogP contribution in [0.3, 0.4) is 0 Å². The highest BCUT2D eigenvalue weighted by Gasteiger charge is 2.42. The molecular formula is C25H27N3O4. The average Bonchev–Trinajstić information content (AvgIpc) is 3.04. The van der Waals surface area contributed by atoms with Crippen LogP contribution in [0.1, 0.15) is 75.0 Å². The lowest BCUT2D eigenvalue weighted by atomic mass is 10.0. The van der Waals surface area contributed by atoms with E-state index in [1.165, 1.54) is 11.0 Å². The molecule has 0 unspecified atom stereocenters. The van der Waals surface area contributed by atoms with E-state index < -0.39 is 5.54 Å². The van der Waals surface area contributed by atoms with Gasteiger partial charge in [-0.15, -0.1) is 0 Å². The minimum Gasteiger partial charge on any atom is -0.349 e. The molecule has 2 aromatic carbocycles. The molecule has 0 aliphatic carbocycles. The Balaban J connectivity index is 1.41. The molecule has 0 atom stereocenters. The first-order valence-electron chi connectivity index (χ1n) is 10.8. The van der Waals surface area contributed by atoms with Crippen LogP contribution in [-0.4, -0.2) is 58.1 Å². The molecule has 2 aliphatic heterocycles. The molecule has 7 heteroatoms. The molecule has 0 radical (unpaired) electrons. The van der Waals surface area contributed by atoms with Gasteiger partial charge in [-0.25, -0.2) is 0 Å². The van der Waals surface area contributed by atoms with E-state index >= 15 is 0 Å². The van der Waals surface area contributed by atoms with Crippen molar-refractivity contribution in [3.05, 3.63) is 70.8 Å². The van der Waals surface area contributed by atoms with Gasteiger partial charge in [-0.1, -0.05) is 18.2 Å².